The molecule has 1 aromatic carbocycles. The molecule has 0 bridgehead atoms. The van der Waals surface area contributed by atoms with Crippen LogP contribution in [-0.4, -0.2) is 14.9 Å². The maximum Gasteiger partial charge on any atom is 0.0996 e. The highest BCUT2D eigenvalue weighted by Crippen LogP contribution is 2.19. The number of hydrogen-bond donors (Lipinski definition) is 1. The average molecular weight is 356 g/mol. The molecule has 0 aliphatic carbocycles. The van der Waals surface area contributed by atoms with Gasteiger partial charge >= 0.3 is 0 Å². The van der Waals surface area contributed by atoms with Crippen LogP contribution < -0.4 is 0 Å². The minimum atomic E-state index is -0.497. The van der Waals surface area contributed by atoms with E-state index in [1.165, 1.54) is 3.57 Å². The average Bonchev–Trinajstić information content (AvgIpc) is 2.73. The molecule has 2 rings (SSSR count). The lowest BCUT2D eigenvalue weighted by Gasteiger charge is -2.11. The Labute approximate surface area is 121 Å². The van der Waals surface area contributed by atoms with Gasteiger partial charge in [-0.2, -0.15) is 5.10 Å². The van der Waals surface area contributed by atoms with Crippen LogP contribution in [0.1, 0.15) is 30.0 Å². The number of aryl methyl sites for hydroxylation is 2. The molecule has 0 radical (unpaired) electrons. The molecule has 96 valence electrons. The lowest BCUT2D eigenvalue weighted by molar-refractivity contribution is 0.168. The van der Waals surface area contributed by atoms with E-state index in [2.05, 4.69) is 58.9 Å². The Morgan fingerprint density at radius 1 is 1.33 bits per heavy atom. The van der Waals surface area contributed by atoms with Gasteiger partial charge in [0, 0.05) is 17.0 Å². The standard InChI is InChI=1S/C14H17IN2O/c1-3-12-9-13(17(2)16-12)14(18)8-10-4-6-11(15)7-5-10/h4-7,9,14,18H,3,8H2,1-2H3. The van der Waals surface area contributed by atoms with Crippen LogP contribution in [0.4, 0.5) is 0 Å². The molecule has 0 saturated carbocycles. The van der Waals surface area contributed by atoms with Crippen molar-refractivity contribution in [2.24, 2.45) is 7.05 Å². The second-order valence-corrected chi connectivity index (χ2v) is 5.63. The van der Waals surface area contributed by atoms with E-state index in [1.807, 2.05) is 13.1 Å². The van der Waals surface area contributed by atoms with Gasteiger partial charge in [-0.1, -0.05) is 19.1 Å². The molecule has 1 N–H and O–H groups in total. The van der Waals surface area contributed by atoms with Crippen molar-refractivity contribution in [1.82, 2.24) is 9.78 Å². The van der Waals surface area contributed by atoms with Crippen molar-refractivity contribution in [3.63, 3.8) is 0 Å². The van der Waals surface area contributed by atoms with Crippen LogP contribution in [0.25, 0.3) is 0 Å². The molecule has 1 aromatic heterocycles. The Kier molecular flexibility index (Phi) is 4.40. The summed E-state index contributed by atoms with van der Waals surface area (Å²) < 4.78 is 2.98. The van der Waals surface area contributed by atoms with Crippen molar-refractivity contribution in [2.45, 2.75) is 25.9 Å². The molecule has 0 aliphatic heterocycles. The van der Waals surface area contributed by atoms with Gasteiger partial charge in [0.15, 0.2) is 0 Å². The summed E-state index contributed by atoms with van der Waals surface area (Å²) in [6.07, 6.45) is 1.02. The maximum atomic E-state index is 10.3. The lowest BCUT2D eigenvalue weighted by Crippen LogP contribution is -2.07. The van der Waals surface area contributed by atoms with Crippen LogP contribution >= 0.6 is 22.6 Å². The number of aliphatic hydroxyl groups excluding tert-OH is 1. The van der Waals surface area contributed by atoms with Crippen LogP contribution in [0.3, 0.4) is 0 Å². The van der Waals surface area contributed by atoms with Crippen molar-refractivity contribution in [3.8, 4) is 0 Å². The third-order valence-corrected chi connectivity index (χ3v) is 3.73. The Bertz CT molecular complexity index is 519. The number of rotatable bonds is 4. The molecule has 1 heterocycles. The minimum Gasteiger partial charge on any atom is -0.386 e. The third-order valence-electron chi connectivity index (χ3n) is 3.01. The van der Waals surface area contributed by atoms with Gasteiger partial charge in [0.2, 0.25) is 0 Å². The van der Waals surface area contributed by atoms with Crippen molar-refractivity contribution >= 4 is 22.6 Å². The summed E-state index contributed by atoms with van der Waals surface area (Å²) in [5.41, 5.74) is 3.04. The van der Waals surface area contributed by atoms with E-state index in [-0.39, 0.29) is 0 Å². The van der Waals surface area contributed by atoms with Gasteiger partial charge < -0.3 is 5.11 Å². The summed E-state index contributed by atoms with van der Waals surface area (Å²) in [7, 11) is 1.88. The second kappa shape index (κ2) is 5.84. The Hall–Kier alpha value is -0.880. The Balaban J connectivity index is 2.13. The number of benzene rings is 1. The normalized spacial score (nSPS) is 12.7. The van der Waals surface area contributed by atoms with Crippen molar-refractivity contribution in [3.05, 3.63) is 50.9 Å². The van der Waals surface area contributed by atoms with E-state index in [0.717, 1.165) is 23.4 Å². The first-order valence-electron chi connectivity index (χ1n) is 6.05. The molecule has 0 fully saturated rings. The smallest absolute Gasteiger partial charge is 0.0996 e. The van der Waals surface area contributed by atoms with Crippen LogP contribution in [0.5, 0.6) is 0 Å². The third kappa shape index (κ3) is 3.11. The van der Waals surface area contributed by atoms with E-state index in [0.29, 0.717) is 6.42 Å². The van der Waals surface area contributed by atoms with Gasteiger partial charge in [0.05, 0.1) is 17.5 Å². The zero-order valence-electron chi connectivity index (χ0n) is 10.6. The monoisotopic (exact) mass is 356 g/mol. The van der Waals surface area contributed by atoms with Crippen LogP contribution in [0, 0.1) is 3.57 Å². The zero-order valence-corrected chi connectivity index (χ0v) is 12.8. The van der Waals surface area contributed by atoms with Gasteiger partial charge in [0.25, 0.3) is 0 Å². The molecular formula is C14H17IN2O. The highest BCUT2D eigenvalue weighted by molar-refractivity contribution is 14.1. The van der Waals surface area contributed by atoms with E-state index in [1.54, 1.807) is 4.68 Å². The largest absolute Gasteiger partial charge is 0.386 e. The summed E-state index contributed by atoms with van der Waals surface area (Å²) in [5.74, 6) is 0. The number of nitrogens with zero attached hydrogens (tertiary/aromatic N) is 2. The van der Waals surface area contributed by atoms with Gasteiger partial charge in [-0.3, -0.25) is 4.68 Å². The van der Waals surface area contributed by atoms with Crippen molar-refractivity contribution in [1.29, 1.82) is 0 Å². The van der Waals surface area contributed by atoms with Crippen LogP contribution in [0.15, 0.2) is 30.3 Å². The molecule has 1 atom stereocenters. The molecule has 18 heavy (non-hydrogen) atoms. The van der Waals surface area contributed by atoms with E-state index < -0.39 is 6.10 Å². The van der Waals surface area contributed by atoms with Crippen molar-refractivity contribution < 1.29 is 5.11 Å². The van der Waals surface area contributed by atoms with E-state index in [4.69, 9.17) is 0 Å². The van der Waals surface area contributed by atoms with E-state index in [9.17, 15) is 5.11 Å². The van der Waals surface area contributed by atoms with Gasteiger partial charge in [0.1, 0.15) is 0 Å². The summed E-state index contributed by atoms with van der Waals surface area (Å²) in [6, 6.07) is 10.2. The predicted octanol–water partition coefficient (Wildman–Crippen LogP) is 2.86. The molecule has 3 nitrogen and oxygen atoms in total. The van der Waals surface area contributed by atoms with Crippen LogP contribution in [0.2, 0.25) is 0 Å². The molecular weight excluding hydrogens is 339 g/mol. The fourth-order valence-electron chi connectivity index (χ4n) is 1.98. The summed E-state index contributed by atoms with van der Waals surface area (Å²) >= 11 is 2.28. The van der Waals surface area contributed by atoms with E-state index >= 15 is 0 Å². The predicted molar refractivity (Wildman–Crippen MR) is 80.4 cm³/mol. The van der Waals surface area contributed by atoms with Gasteiger partial charge in [-0.15, -0.1) is 0 Å². The first-order chi connectivity index (χ1) is 8.60. The minimum absolute atomic E-state index is 0.497. The fraction of sp³-hybridized carbons (Fsp3) is 0.357. The number of halogens is 1. The topological polar surface area (TPSA) is 38.0 Å². The zero-order chi connectivity index (χ0) is 13.1. The van der Waals surface area contributed by atoms with Crippen molar-refractivity contribution in [2.75, 3.05) is 0 Å². The van der Waals surface area contributed by atoms with Gasteiger partial charge in [-0.05, 0) is 52.8 Å². The van der Waals surface area contributed by atoms with Crippen LogP contribution in [-0.2, 0) is 19.9 Å². The highest BCUT2D eigenvalue weighted by atomic mass is 127. The maximum absolute atomic E-state index is 10.3. The molecule has 4 heteroatoms. The summed E-state index contributed by atoms with van der Waals surface area (Å²) in [5, 5.41) is 14.6. The SMILES string of the molecule is CCc1cc(C(O)Cc2ccc(I)cc2)n(C)n1. The molecule has 0 saturated heterocycles. The number of hydrogen-bond acceptors (Lipinski definition) is 2. The highest BCUT2D eigenvalue weighted by Gasteiger charge is 2.14. The molecule has 1 unspecified atom stereocenters. The second-order valence-electron chi connectivity index (χ2n) is 4.38. The molecule has 0 amide bonds. The molecule has 2 aromatic rings. The molecule has 0 spiro atoms. The fourth-order valence-corrected chi connectivity index (χ4v) is 2.34. The number of aromatic nitrogens is 2. The lowest BCUT2D eigenvalue weighted by atomic mass is 10.1. The van der Waals surface area contributed by atoms with Gasteiger partial charge in [-0.25, -0.2) is 0 Å². The first kappa shape index (κ1) is 13.5. The Morgan fingerprint density at radius 2 is 2.00 bits per heavy atom. The summed E-state index contributed by atoms with van der Waals surface area (Å²) in [6.45, 7) is 2.07. The summed E-state index contributed by atoms with van der Waals surface area (Å²) in [4.78, 5) is 0. The molecule has 0 aliphatic rings. The quantitative estimate of drug-likeness (QED) is 0.856. The Morgan fingerprint density at radius 3 is 2.56 bits per heavy atom. The number of aliphatic hydroxyl groups is 1. The first-order valence-corrected chi connectivity index (χ1v) is 7.13.